The predicted molar refractivity (Wildman–Crippen MR) is 42.8 cm³/mol. The molecule has 0 saturated carbocycles. The van der Waals surface area contributed by atoms with Crippen LogP contribution in [-0.4, -0.2) is 19.1 Å². The van der Waals surface area contributed by atoms with Gasteiger partial charge in [0.05, 0.1) is 0 Å². The Morgan fingerprint density at radius 3 is 1.17 bits per heavy atom. The number of rotatable bonds is 2. The van der Waals surface area contributed by atoms with Gasteiger partial charge < -0.3 is 4.74 Å². The van der Waals surface area contributed by atoms with Crippen molar-refractivity contribution in [2.75, 3.05) is 7.11 Å². The lowest BCUT2D eigenvalue weighted by molar-refractivity contribution is -0.330. The van der Waals surface area contributed by atoms with E-state index in [1.165, 1.54) is 0 Å². The van der Waals surface area contributed by atoms with Crippen molar-refractivity contribution in [1.29, 1.82) is 0 Å². The van der Waals surface area contributed by atoms with Crippen LogP contribution < -0.4 is 0 Å². The van der Waals surface area contributed by atoms with E-state index in [2.05, 4.69) is 4.74 Å². The van der Waals surface area contributed by atoms with Gasteiger partial charge in [-0.05, 0) is 0 Å². The van der Waals surface area contributed by atoms with Crippen LogP contribution in [0.25, 0.3) is 0 Å². The van der Waals surface area contributed by atoms with Crippen molar-refractivity contribution in [3.8, 4) is 0 Å². The van der Waals surface area contributed by atoms with Crippen molar-refractivity contribution in [2.45, 2.75) is 41.2 Å². The molecular formula is C7H18F4O. The van der Waals surface area contributed by atoms with Crippen LogP contribution in [0.5, 0.6) is 0 Å². The predicted octanol–water partition coefficient (Wildman–Crippen LogP) is 3.79. The van der Waals surface area contributed by atoms with Gasteiger partial charge in [-0.1, -0.05) is 22.3 Å². The molecule has 0 aliphatic rings. The van der Waals surface area contributed by atoms with Crippen LogP contribution in [0.2, 0.25) is 0 Å². The molecule has 0 atom stereocenters. The smallest absolute Gasteiger partial charge is 0.319 e. The second kappa shape index (κ2) is 6.22. The lowest BCUT2D eigenvalue weighted by Gasteiger charge is -2.20. The quantitative estimate of drug-likeness (QED) is 0.608. The lowest BCUT2D eigenvalue weighted by Crippen LogP contribution is -2.39. The molecule has 0 saturated heterocycles. The fourth-order valence-electron chi connectivity index (χ4n) is 0.179. The minimum absolute atomic E-state index is 0. The highest BCUT2D eigenvalue weighted by atomic mass is 19.3. The number of halogens is 4. The van der Waals surface area contributed by atoms with E-state index in [4.69, 9.17) is 0 Å². The second-order valence-electron chi connectivity index (χ2n) is 1.61. The first kappa shape index (κ1) is 22.6. The highest BCUT2D eigenvalue weighted by Gasteiger charge is 2.52. The molecule has 0 aliphatic heterocycles. The molecule has 0 aromatic carbocycles. The molecule has 5 heteroatoms. The van der Waals surface area contributed by atoms with Crippen LogP contribution >= 0.6 is 0 Å². The van der Waals surface area contributed by atoms with Gasteiger partial charge in [-0.3, -0.25) is 0 Å². The Bertz CT molecular complexity index is 98.1. The normalized spacial score (nSPS) is 10.5. The molecule has 0 rings (SSSR count). The van der Waals surface area contributed by atoms with E-state index in [-0.39, 0.29) is 29.2 Å². The van der Waals surface area contributed by atoms with E-state index >= 15 is 0 Å². The monoisotopic (exact) mass is 194 g/mol. The van der Waals surface area contributed by atoms with E-state index < -0.39 is 12.0 Å². The van der Waals surface area contributed by atoms with Crippen molar-refractivity contribution in [1.82, 2.24) is 0 Å². The summed E-state index contributed by atoms with van der Waals surface area (Å²) in [6.45, 7) is 0.0938. The van der Waals surface area contributed by atoms with Crippen molar-refractivity contribution < 1.29 is 22.3 Å². The lowest BCUT2D eigenvalue weighted by atomic mass is 10.4. The Morgan fingerprint density at radius 1 is 0.917 bits per heavy atom. The summed E-state index contributed by atoms with van der Waals surface area (Å²) in [4.78, 5) is 0. The summed E-state index contributed by atoms with van der Waals surface area (Å²) < 4.78 is 49.8. The molecule has 0 bridgehead atoms. The summed E-state index contributed by atoms with van der Waals surface area (Å²) in [6.07, 6.45) is -4.35. The van der Waals surface area contributed by atoms with Gasteiger partial charge in [0, 0.05) is 14.0 Å². The second-order valence-corrected chi connectivity index (χ2v) is 1.61. The SMILES string of the molecule is C.C.C.COC(F)(F)C(C)(F)F. The molecular weight excluding hydrogens is 176 g/mol. The molecule has 0 radical (unpaired) electrons. The highest BCUT2D eigenvalue weighted by Crippen LogP contribution is 2.33. The first-order chi connectivity index (χ1) is 3.81. The van der Waals surface area contributed by atoms with Crippen LogP contribution in [0.1, 0.15) is 29.2 Å². The van der Waals surface area contributed by atoms with E-state index in [1.807, 2.05) is 0 Å². The zero-order valence-electron chi connectivity index (χ0n) is 4.92. The Morgan fingerprint density at radius 2 is 1.17 bits per heavy atom. The van der Waals surface area contributed by atoms with Crippen LogP contribution in [0.3, 0.4) is 0 Å². The third kappa shape index (κ3) is 5.35. The Balaban J connectivity index is -0.000000107. The van der Waals surface area contributed by atoms with Crippen LogP contribution in [0.4, 0.5) is 17.6 Å². The van der Waals surface area contributed by atoms with Crippen molar-refractivity contribution in [3.63, 3.8) is 0 Å². The van der Waals surface area contributed by atoms with Gasteiger partial charge in [0.25, 0.3) is 0 Å². The third-order valence-electron chi connectivity index (χ3n) is 0.767. The van der Waals surface area contributed by atoms with E-state index in [9.17, 15) is 17.6 Å². The number of methoxy groups -OCH3 is 1. The third-order valence-corrected chi connectivity index (χ3v) is 0.767. The summed E-state index contributed by atoms with van der Waals surface area (Å²) in [5, 5.41) is 0. The summed E-state index contributed by atoms with van der Waals surface area (Å²) >= 11 is 0. The highest BCUT2D eigenvalue weighted by molar-refractivity contribution is 4.69. The molecule has 0 fully saturated rings. The van der Waals surface area contributed by atoms with Crippen molar-refractivity contribution >= 4 is 0 Å². The van der Waals surface area contributed by atoms with Crippen molar-refractivity contribution in [2.24, 2.45) is 0 Å². The van der Waals surface area contributed by atoms with Gasteiger partial charge in [0.1, 0.15) is 0 Å². The topological polar surface area (TPSA) is 9.23 Å². The number of hydrogen-bond donors (Lipinski definition) is 0. The largest absolute Gasteiger partial charge is 0.418 e. The maximum atomic E-state index is 11.7. The standard InChI is InChI=1S/C4H6F4O.3CH4/c1-3(5,6)4(7,8)9-2;;;/h1-2H3;3*1H4. The van der Waals surface area contributed by atoms with E-state index in [0.717, 1.165) is 0 Å². The molecule has 1 nitrogen and oxygen atoms in total. The summed E-state index contributed by atoms with van der Waals surface area (Å²) in [6, 6.07) is 0. The van der Waals surface area contributed by atoms with Gasteiger partial charge in [0.2, 0.25) is 0 Å². The van der Waals surface area contributed by atoms with Gasteiger partial charge in [0.15, 0.2) is 0 Å². The Kier molecular flexibility index (Phi) is 11.7. The number of alkyl halides is 4. The number of ether oxygens (including phenoxy) is 1. The zero-order chi connectivity index (χ0) is 7.71. The molecule has 80 valence electrons. The molecule has 0 N–H and O–H groups in total. The summed E-state index contributed by atoms with van der Waals surface area (Å²) in [5.74, 6) is -4.11. The van der Waals surface area contributed by atoms with Crippen LogP contribution in [0.15, 0.2) is 0 Å². The molecule has 0 aliphatic carbocycles. The first-order valence-electron chi connectivity index (χ1n) is 2.12. The van der Waals surface area contributed by atoms with Gasteiger partial charge in [-0.15, -0.1) is 0 Å². The van der Waals surface area contributed by atoms with Gasteiger partial charge >= 0.3 is 12.0 Å². The molecule has 0 aromatic heterocycles. The average Bonchev–Trinajstić information content (AvgIpc) is 1.64. The van der Waals surface area contributed by atoms with Crippen LogP contribution in [0, 0.1) is 0 Å². The fourth-order valence-corrected chi connectivity index (χ4v) is 0.179. The maximum absolute atomic E-state index is 11.7. The molecule has 0 amide bonds. The minimum Gasteiger partial charge on any atom is -0.319 e. The van der Waals surface area contributed by atoms with Gasteiger partial charge in [-0.25, -0.2) is 0 Å². The molecule has 0 unspecified atom stereocenters. The summed E-state index contributed by atoms with van der Waals surface area (Å²) in [5.41, 5.74) is 0. The van der Waals surface area contributed by atoms with E-state index in [1.54, 1.807) is 0 Å². The molecule has 0 spiro atoms. The Labute approximate surface area is 71.7 Å². The summed E-state index contributed by atoms with van der Waals surface area (Å²) in [7, 11) is 0.525. The minimum atomic E-state index is -4.35. The molecule has 0 aromatic rings. The number of hydrogen-bond acceptors (Lipinski definition) is 1. The average molecular weight is 194 g/mol. The zero-order valence-corrected chi connectivity index (χ0v) is 4.92. The van der Waals surface area contributed by atoms with Crippen LogP contribution in [-0.2, 0) is 4.74 Å². The van der Waals surface area contributed by atoms with E-state index in [0.29, 0.717) is 7.11 Å². The van der Waals surface area contributed by atoms with Gasteiger partial charge in [-0.2, -0.15) is 17.6 Å². The maximum Gasteiger partial charge on any atom is 0.418 e. The molecule has 0 heterocycles. The first-order valence-corrected chi connectivity index (χ1v) is 2.12. The fraction of sp³-hybridized carbons (Fsp3) is 1.00. The Hall–Kier alpha value is -0.320. The van der Waals surface area contributed by atoms with Crippen molar-refractivity contribution in [3.05, 3.63) is 0 Å². The molecule has 12 heavy (non-hydrogen) atoms.